The van der Waals surface area contributed by atoms with Crippen LogP contribution in [0, 0.1) is 0 Å². The van der Waals surface area contributed by atoms with Gasteiger partial charge < -0.3 is 4.74 Å². The van der Waals surface area contributed by atoms with Crippen LogP contribution in [0.1, 0.15) is 13.3 Å². The standard InChI is InChI=1S/C7H13NO2S2/c1-2-3-12-7(11)8-10-5-6-4-9-6/h6H,2-5H2,1H3,(H,8,11). The van der Waals surface area contributed by atoms with E-state index in [-0.39, 0.29) is 6.10 Å². The van der Waals surface area contributed by atoms with Gasteiger partial charge in [0.05, 0.1) is 6.61 Å². The van der Waals surface area contributed by atoms with Gasteiger partial charge in [0.2, 0.25) is 0 Å². The minimum atomic E-state index is 0.288. The average Bonchev–Trinajstić information content (AvgIpc) is 2.84. The normalized spacial score (nSPS) is 20.6. The smallest absolute Gasteiger partial charge is 0.157 e. The second kappa shape index (κ2) is 5.75. The number of hydrogen-bond acceptors (Lipinski definition) is 4. The van der Waals surface area contributed by atoms with Crippen molar-refractivity contribution in [2.75, 3.05) is 19.0 Å². The topological polar surface area (TPSA) is 33.8 Å². The summed E-state index contributed by atoms with van der Waals surface area (Å²) in [6.07, 6.45) is 1.41. The molecule has 1 fully saturated rings. The van der Waals surface area contributed by atoms with E-state index in [0.717, 1.165) is 18.8 Å². The third-order valence-corrected chi connectivity index (χ3v) is 2.66. The quantitative estimate of drug-likeness (QED) is 0.418. The molecule has 12 heavy (non-hydrogen) atoms. The molecular weight excluding hydrogens is 194 g/mol. The van der Waals surface area contributed by atoms with E-state index in [1.807, 2.05) is 0 Å². The molecule has 5 heteroatoms. The lowest BCUT2D eigenvalue weighted by atomic mass is 10.5. The molecule has 0 aromatic rings. The van der Waals surface area contributed by atoms with Crippen molar-refractivity contribution in [3.05, 3.63) is 0 Å². The van der Waals surface area contributed by atoms with E-state index in [1.54, 1.807) is 11.8 Å². The number of rotatable bonds is 5. The first-order valence-corrected chi connectivity index (χ1v) is 5.38. The minimum absolute atomic E-state index is 0.288. The highest BCUT2D eigenvalue weighted by Crippen LogP contribution is 2.08. The van der Waals surface area contributed by atoms with E-state index >= 15 is 0 Å². The molecular formula is C7H13NO2S2. The highest BCUT2D eigenvalue weighted by atomic mass is 32.2. The maximum absolute atomic E-state index is 5.08. The lowest BCUT2D eigenvalue weighted by molar-refractivity contribution is 0.0747. The molecule has 0 bridgehead atoms. The lowest BCUT2D eigenvalue weighted by Crippen LogP contribution is -2.21. The predicted octanol–water partition coefficient (Wildman–Crippen LogP) is 1.33. The molecule has 0 aromatic carbocycles. The van der Waals surface area contributed by atoms with Gasteiger partial charge in [-0.25, -0.2) is 0 Å². The Labute approximate surface area is 82.1 Å². The van der Waals surface area contributed by atoms with Crippen molar-refractivity contribution in [1.82, 2.24) is 5.48 Å². The zero-order valence-corrected chi connectivity index (χ0v) is 8.67. The van der Waals surface area contributed by atoms with Crippen LogP contribution < -0.4 is 5.48 Å². The van der Waals surface area contributed by atoms with Crippen LogP contribution in [-0.2, 0) is 9.57 Å². The van der Waals surface area contributed by atoms with Crippen LogP contribution in [0.15, 0.2) is 0 Å². The molecule has 1 N–H and O–H groups in total. The van der Waals surface area contributed by atoms with E-state index in [4.69, 9.17) is 21.8 Å². The predicted molar refractivity (Wildman–Crippen MR) is 54.2 cm³/mol. The van der Waals surface area contributed by atoms with Crippen molar-refractivity contribution in [2.24, 2.45) is 0 Å². The van der Waals surface area contributed by atoms with Crippen molar-refractivity contribution in [3.8, 4) is 0 Å². The van der Waals surface area contributed by atoms with E-state index in [9.17, 15) is 0 Å². The van der Waals surface area contributed by atoms with E-state index < -0.39 is 0 Å². The maximum Gasteiger partial charge on any atom is 0.157 e. The van der Waals surface area contributed by atoms with Gasteiger partial charge in [-0.2, -0.15) is 0 Å². The summed E-state index contributed by atoms with van der Waals surface area (Å²) >= 11 is 6.58. The first kappa shape index (κ1) is 10.2. The Kier molecular flexibility index (Phi) is 4.90. The van der Waals surface area contributed by atoms with E-state index in [1.165, 1.54) is 0 Å². The fourth-order valence-electron chi connectivity index (χ4n) is 0.582. The highest BCUT2D eigenvalue weighted by Gasteiger charge is 2.22. The summed E-state index contributed by atoms with van der Waals surface area (Å²) in [5.41, 5.74) is 2.70. The van der Waals surface area contributed by atoms with Crippen molar-refractivity contribution in [2.45, 2.75) is 19.4 Å². The second-order valence-electron chi connectivity index (χ2n) is 2.50. The lowest BCUT2D eigenvalue weighted by Gasteiger charge is -2.05. The number of hydrogen-bond donors (Lipinski definition) is 1. The van der Waals surface area contributed by atoms with Gasteiger partial charge in [0.15, 0.2) is 4.32 Å². The Morgan fingerprint density at radius 3 is 3.17 bits per heavy atom. The molecule has 70 valence electrons. The van der Waals surface area contributed by atoms with Crippen LogP contribution in [0.2, 0.25) is 0 Å². The van der Waals surface area contributed by atoms with Crippen molar-refractivity contribution in [3.63, 3.8) is 0 Å². The summed E-state index contributed by atoms with van der Waals surface area (Å²) in [6.45, 7) is 3.53. The van der Waals surface area contributed by atoms with E-state index in [0.29, 0.717) is 10.9 Å². The van der Waals surface area contributed by atoms with E-state index in [2.05, 4.69) is 12.4 Å². The fraction of sp³-hybridized carbons (Fsp3) is 0.857. The Morgan fingerprint density at radius 2 is 2.58 bits per heavy atom. The van der Waals surface area contributed by atoms with Crippen LogP contribution >= 0.6 is 24.0 Å². The molecule has 0 aromatic heterocycles. The Morgan fingerprint density at radius 1 is 1.83 bits per heavy atom. The first-order chi connectivity index (χ1) is 5.83. The largest absolute Gasteiger partial charge is 0.371 e. The van der Waals surface area contributed by atoms with Gasteiger partial charge in [0.1, 0.15) is 12.7 Å². The molecule has 1 heterocycles. The van der Waals surface area contributed by atoms with Gasteiger partial charge in [-0.15, -0.1) is 0 Å². The molecule has 1 aliphatic rings. The summed E-state index contributed by atoms with van der Waals surface area (Å²) in [5.74, 6) is 1.04. The number of ether oxygens (including phenoxy) is 1. The summed E-state index contributed by atoms with van der Waals surface area (Å²) in [7, 11) is 0. The molecule has 0 aliphatic carbocycles. The Bertz CT molecular complexity index is 150. The Hall–Kier alpha value is 0.160. The summed E-state index contributed by atoms with van der Waals surface area (Å²) in [5, 5.41) is 0. The van der Waals surface area contributed by atoms with Crippen LogP contribution in [-0.4, -0.2) is 29.4 Å². The van der Waals surface area contributed by atoms with Crippen molar-refractivity contribution >= 4 is 28.3 Å². The van der Waals surface area contributed by atoms with Crippen LogP contribution in [0.3, 0.4) is 0 Å². The molecule has 1 saturated heterocycles. The second-order valence-corrected chi connectivity index (χ2v) is 4.28. The number of nitrogens with one attached hydrogen (secondary N) is 1. The van der Waals surface area contributed by atoms with Crippen LogP contribution in [0.25, 0.3) is 0 Å². The SMILES string of the molecule is CCCSC(=S)NOCC1CO1. The summed E-state index contributed by atoms with van der Waals surface area (Å²) in [6, 6.07) is 0. The molecule has 0 spiro atoms. The maximum atomic E-state index is 5.08. The van der Waals surface area contributed by atoms with Crippen LogP contribution in [0.5, 0.6) is 0 Å². The monoisotopic (exact) mass is 207 g/mol. The third-order valence-electron chi connectivity index (χ3n) is 1.26. The number of thiocarbonyl (C=S) groups is 1. The molecule has 0 radical (unpaired) electrons. The number of thioether (sulfide) groups is 1. The van der Waals surface area contributed by atoms with Gasteiger partial charge in [-0.05, 0) is 6.42 Å². The molecule has 1 aliphatic heterocycles. The average molecular weight is 207 g/mol. The summed E-state index contributed by atoms with van der Waals surface area (Å²) < 4.78 is 5.66. The molecule has 1 rings (SSSR count). The number of epoxide rings is 1. The molecule has 0 amide bonds. The van der Waals surface area contributed by atoms with Gasteiger partial charge >= 0.3 is 0 Å². The van der Waals surface area contributed by atoms with Gasteiger partial charge in [0.25, 0.3) is 0 Å². The molecule has 0 saturated carbocycles. The summed E-state index contributed by atoms with van der Waals surface area (Å²) in [4.78, 5) is 5.08. The minimum Gasteiger partial charge on any atom is -0.371 e. The Balaban J connectivity index is 1.86. The molecule has 3 nitrogen and oxygen atoms in total. The molecule has 1 unspecified atom stereocenters. The first-order valence-electron chi connectivity index (χ1n) is 3.99. The van der Waals surface area contributed by atoms with Gasteiger partial charge in [0, 0.05) is 5.75 Å². The van der Waals surface area contributed by atoms with Crippen molar-refractivity contribution in [1.29, 1.82) is 0 Å². The van der Waals surface area contributed by atoms with Gasteiger partial charge in [-0.1, -0.05) is 30.9 Å². The number of hydroxylamine groups is 1. The zero-order valence-electron chi connectivity index (χ0n) is 7.04. The van der Waals surface area contributed by atoms with Crippen molar-refractivity contribution < 1.29 is 9.57 Å². The fourth-order valence-corrected chi connectivity index (χ4v) is 1.40. The third kappa shape index (κ3) is 4.92. The molecule has 1 atom stereocenters. The van der Waals surface area contributed by atoms with Crippen LogP contribution in [0.4, 0.5) is 0 Å². The highest BCUT2D eigenvalue weighted by molar-refractivity contribution is 8.22. The van der Waals surface area contributed by atoms with Gasteiger partial charge in [-0.3, -0.25) is 10.3 Å². The zero-order chi connectivity index (χ0) is 8.81.